The number of nitro groups is 1. The second-order valence-electron chi connectivity index (χ2n) is 5.61. The van der Waals surface area contributed by atoms with Crippen molar-refractivity contribution in [2.75, 3.05) is 0 Å². The molecule has 0 heterocycles. The van der Waals surface area contributed by atoms with Crippen molar-refractivity contribution in [3.05, 3.63) is 39.9 Å². The number of ether oxygens (including phenoxy) is 2. The highest BCUT2D eigenvalue weighted by Gasteiger charge is 2.40. The number of esters is 2. The number of carbonyl (C=O) groups is 2. The first-order valence-corrected chi connectivity index (χ1v) is 7.41. The summed E-state index contributed by atoms with van der Waals surface area (Å²) >= 11 is 0. The Hall–Kier alpha value is -2.95. The fraction of sp³-hybridized carbons (Fsp3) is 0.438. The molecule has 0 bridgehead atoms. The fourth-order valence-electron chi connectivity index (χ4n) is 2.60. The molecule has 0 radical (unpaired) electrons. The van der Waals surface area contributed by atoms with Crippen LogP contribution in [0.5, 0.6) is 0 Å². The maximum absolute atomic E-state index is 12.2. The van der Waals surface area contributed by atoms with E-state index in [0.29, 0.717) is 12.8 Å². The topological polar surface area (TPSA) is 120 Å². The summed E-state index contributed by atoms with van der Waals surface area (Å²) in [6.45, 7) is 1.32. The Bertz CT molecular complexity index is 684. The van der Waals surface area contributed by atoms with Crippen LogP contribution in [0.15, 0.2) is 24.3 Å². The highest BCUT2D eigenvalue weighted by molar-refractivity contribution is 5.90. The zero-order valence-electron chi connectivity index (χ0n) is 13.1. The Morgan fingerprint density at radius 2 is 1.88 bits per heavy atom. The predicted octanol–water partition coefficient (Wildman–Crippen LogP) is 2.52. The fourth-order valence-corrected chi connectivity index (χ4v) is 2.60. The summed E-state index contributed by atoms with van der Waals surface area (Å²) in [6.07, 6.45) is 1.11. The molecule has 0 amide bonds. The quantitative estimate of drug-likeness (QED) is 0.472. The first-order chi connectivity index (χ1) is 11.3. The van der Waals surface area contributed by atoms with Crippen molar-refractivity contribution in [1.82, 2.24) is 0 Å². The van der Waals surface area contributed by atoms with Crippen LogP contribution in [0.4, 0.5) is 5.69 Å². The number of nitro benzene ring substituents is 1. The Morgan fingerprint density at radius 3 is 2.33 bits per heavy atom. The minimum atomic E-state index is -1.27. The van der Waals surface area contributed by atoms with E-state index in [9.17, 15) is 25.0 Å². The van der Waals surface area contributed by atoms with Crippen molar-refractivity contribution in [2.24, 2.45) is 0 Å². The number of hydrogen-bond donors (Lipinski definition) is 0. The summed E-state index contributed by atoms with van der Waals surface area (Å²) in [5.74, 6) is -1.09. The molecule has 1 aliphatic carbocycles. The average molecular weight is 332 g/mol. The number of nitriles is 1. The van der Waals surface area contributed by atoms with Crippen molar-refractivity contribution in [1.29, 1.82) is 5.26 Å². The van der Waals surface area contributed by atoms with E-state index in [4.69, 9.17) is 9.47 Å². The molecule has 0 spiro atoms. The van der Waals surface area contributed by atoms with Crippen molar-refractivity contribution < 1.29 is 24.0 Å². The van der Waals surface area contributed by atoms with Crippen LogP contribution in [0.3, 0.4) is 0 Å². The van der Waals surface area contributed by atoms with Crippen LogP contribution >= 0.6 is 0 Å². The van der Waals surface area contributed by atoms with Gasteiger partial charge in [-0.15, -0.1) is 0 Å². The van der Waals surface area contributed by atoms with Gasteiger partial charge in [0.15, 0.2) is 5.60 Å². The summed E-state index contributed by atoms with van der Waals surface area (Å²) in [4.78, 5) is 33.2. The van der Waals surface area contributed by atoms with Gasteiger partial charge < -0.3 is 9.47 Å². The van der Waals surface area contributed by atoms with E-state index in [1.807, 2.05) is 6.07 Å². The maximum atomic E-state index is 12.2. The number of non-ortho nitro benzene ring substituents is 1. The molecule has 0 unspecified atom stereocenters. The minimum Gasteiger partial charge on any atom is -0.463 e. The van der Waals surface area contributed by atoms with Crippen molar-refractivity contribution in [2.45, 2.75) is 44.3 Å². The van der Waals surface area contributed by atoms with Crippen LogP contribution in [0.1, 0.15) is 43.0 Å². The number of rotatable bonds is 4. The number of benzene rings is 1. The highest BCUT2D eigenvalue weighted by atomic mass is 16.6. The third kappa shape index (κ3) is 4.07. The molecule has 2 rings (SSSR count). The van der Waals surface area contributed by atoms with E-state index >= 15 is 0 Å². The van der Waals surface area contributed by atoms with E-state index in [1.54, 1.807) is 0 Å². The lowest BCUT2D eigenvalue weighted by molar-refractivity contribution is -0.384. The van der Waals surface area contributed by atoms with Gasteiger partial charge in [-0.1, -0.05) is 0 Å². The van der Waals surface area contributed by atoms with Gasteiger partial charge in [0.2, 0.25) is 0 Å². The third-order valence-electron chi connectivity index (χ3n) is 3.88. The SMILES string of the molecule is CC(=O)OC1CCC(C#N)(OC(=O)c2ccc([N+](=O)[O-])cc2)CC1. The molecule has 8 nitrogen and oxygen atoms in total. The van der Waals surface area contributed by atoms with Crippen LogP contribution in [0, 0.1) is 21.4 Å². The maximum Gasteiger partial charge on any atom is 0.339 e. The first kappa shape index (κ1) is 17.4. The molecule has 1 saturated carbocycles. The molecule has 1 aliphatic rings. The molecule has 1 aromatic carbocycles. The Labute approximate surface area is 138 Å². The van der Waals surface area contributed by atoms with Gasteiger partial charge in [-0.3, -0.25) is 14.9 Å². The lowest BCUT2D eigenvalue weighted by Crippen LogP contribution is -2.40. The smallest absolute Gasteiger partial charge is 0.339 e. The Morgan fingerprint density at radius 1 is 1.29 bits per heavy atom. The Balaban J connectivity index is 2.02. The van der Waals surface area contributed by atoms with Crippen molar-refractivity contribution in [3.63, 3.8) is 0 Å². The van der Waals surface area contributed by atoms with Crippen LogP contribution in [-0.4, -0.2) is 28.6 Å². The lowest BCUT2D eigenvalue weighted by Gasteiger charge is -2.33. The summed E-state index contributed by atoms with van der Waals surface area (Å²) < 4.78 is 10.5. The van der Waals surface area contributed by atoms with E-state index < -0.39 is 16.5 Å². The second-order valence-corrected chi connectivity index (χ2v) is 5.61. The second kappa shape index (κ2) is 7.08. The van der Waals surface area contributed by atoms with Crippen molar-refractivity contribution in [3.8, 4) is 6.07 Å². The molecule has 0 saturated heterocycles. The summed E-state index contributed by atoms with van der Waals surface area (Å²) in [5, 5.41) is 20.0. The molecule has 0 aliphatic heterocycles. The van der Waals surface area contributed by atoms with Crippen molar-refractivity contribution >= 4 is 17.6 Å². The molecule has 24 heavy (non-hydrogen) atoms. The van der Waals surface area contributed by atoms with Gasteiger partial charge in [-0.25, -0.2) is 4.79 Å². The van der Waals surface area contributed by atoms with E-state index in [-0.39, 0.29) is 36.2 Å². The standard InChI is InChI=1S/C16H16N2O6/c1-11(19)23-14-6-8-16(10-17,9-7-14)24-15(20)12-2-4-13(5-3-12)18(21)22/h2-5,14H,6-9H2,1H3. The molecular weight excluding hydrogens is 316 g/mol. The van der Waals surface area contributed by atoms with Gasteiger partial charge in [-0.05, 0) is 25.0 Å². The van der Waals surface area contributed by atoms with E-state index in [1.165, 1.54) is 31.2 Å². The van der Waals surface area contributed by atoms with E-state index in [0.717, 1.165) is 0 Å². The van der Waals surface area contributed by atoms with Gasteiger partial charge >= 0.3 is 11.9 Å². The zero-order chi connectivity index (χ0) is 17.7. The van der Waals surface area contributed by atoms with Crippen LogP contribution in [0.25, 0.3) is 0 Å². The first-order valence-electron chi connectivity index (χ1n) is 7.41. The monoisotopic (exact) mass is 332 g/mol. The van der Waals surface area contributed by atoms with Gasteiger partial charge in [0.05, 0.1) is 10.5 Å². The lowest BCUT2D eigenvalue weighted by atomic mass is 9.84. The highest BCUT2D eigenvalue weighted by Crippen LogP contribution is 2.33. The molecule has 0 atom stereocenters. The van der Waals surface area contributed by atoms with Crippen LogP contribution in [0.2, 0.25) is 0 Å². The molecule has 0 N–H and O–H groups in total. The third-order valence-corrected chi connectivity index (χ3v) is 3.88. The minimum absolute atomic E-state index is 0.136. The molecule has 8 heteroatoms. The van der Waals surface area contributed by atoms with Crippen LogP contribution < -0.4 is 0 Å². The molecular formula is C16H16N2O6. The molecule has 1 aromatic rings. The number of nitrogens with zero attached hydrogens (tertiary/aromatic N) is 2. The number of hydrogen-bond acceptors (Lipinski definition) is 7. The average Bonchev–Trinajstić information content (AvgIpc) is 2.56. The number of carbonyl (C=O) groups excluding carboxylic acids is 2. The molecule has 126 valence electrons. The molecule has 1 fully saturated rings. The van der Waals surface area contributed by atoms with Gasteiger partial charge in [0.1, 0.15) is 12.2 Å². The zero-order valence-corrected chi connectivity index (χ0v) is 13.1. The Kier molecular flexibility index (Phi) is 5.14. The van der Waals surface area contributed by atoms with Gasteiger partial charge in [-0.2, -0.15) is 5.26 Å². The van der Waals surface area contributed by atoms with E-state index in [2.05, 4.69) is 0 Å². The van der Waals surface area contributed by atoms with Crippen LogP contribution in [-0.2, 0) is 14.3 Å². The normalized spacial score (nSPS) is 22.9. The van der Waals surface area contributed by atoms with Gasteiger partial charge in [0, 0.05) is 31.9 Å². The molecule has 0 aromatic heterocycles. The summed E-state index contributed by atoms with van der Waals surface area (Å²) in [5.41, 5.74) is -1.27. The van der Waals surface area contributed by atoms with Gasteiger partial charge in [0.25, 0.3) is 5.69 Å². The summed E-state index contributed by atoms with van der Waals surface area (Å²) in [6, 6.07) is 7.01. The predicted molar refractivity (Wildman–Crippen MR) is 80.9 cm³/mol. The summed E-state index contributed by atoms with van der Waals surface area (Å²) in [7, 11) is 0. The largest absolute Gasteiger partial charge is 0.463 e.